The molecule has 0 atom stereocenters. The zero-order valence-electron chi connectivity index (χ0n) is 10.8. The van der Waals surface area contributed by atoms with Gasteiger partial charge in [-0.3, -0.25) is 4.79 Å². The number of aliphatic carboxylic acids is 1. The second-order valence-electron chi connectivity index (χ2n) is 4.48. The van der Waals surface area contributed by atoms with Crippen LogP contribution in [0.25, 0.3) is 0 Å². The average molecular weight is 264 g/mol. The quantitative estimate of drug-likeness (QED) is 0.496. The van der Waals surface area contributed by atoms with Crippen LogP contribution in [0, 0.1) is 5.41 Å². The van der Waals surface area contributed by atoms with E-state index >= 15 is 0 Å². The lowest BCUT2D eigenvalue weighted by Crippen LogP contribution is -2.36. The van der Waals surface area contributed by atoms with Gasteiger partial charge >= 0.3 is 5.97 Å². The van der Waals surface area contributed by atoms with Gasteiger partial charge in [0.1, 0.15) is 6.29 Å². The molecule has 0 fully saturated rings. The molecule has 0 aromatic heterocycles. The van der Waals surface area contributed by atoms with Crippen molar-refractivity contribution >= 4 is 25.5 Å². The van der Waals surface area contributed by atoms with Crippen LogP contribution < -0.4 is 0 Å². The van der Waals surface area contributed by atoms with E-state index in [9.17, 15) is 4.79 Å². The third-order valence-electron chi connectivity index (χ3n) is 2.49. The highest BCUT2D eigenvalue weighted by Crippen LogP contribution is 2.30. The van der Waals surface area contributed by atoms with Gasteiger partial charge in [-0.05, 0) is 12.8 Å². The predicted molar refractivity (Wildman–Crippen MR) is 70.0 cm³/mol. The first-order chi connectivity index (χ1) is 7.44. The largest absolute Gasteiger partial charge is 0.481 e. The summed E-state index contributed by atoms with van der Waals surface area (Å²) in [6, 6.07) is 0. The molecule has 0 aliphatic rings. The fraction of sp³-hybridized carbons (Fsp3) is 0.900. The lowest BCUT2D eigenvalue weighted by Gasteiger charge is -2.34. The zero-order valence-corrected chi connectivity index (χ0v) is 13.6. The zero-order chi connectivity index (χ0) is 12.6. The fourth-order valence-corrected chi connectivity index (χ4v) is 3.51. The third kappa shape index (κ3) is 6.42. The molecule has 96 valence electrons. The summed E-state index contributed by atoms with van der Waals surface area (Å²) in [6.07, 6.45) is 1.60. The van der Waals surface area contributed by atoms with E-state index in [1.54, 1.807) is 0 Å². The highest BCUT2D eigenvalue weighted by Gasteiger charge is 2.29. The minimum Gasteiger partial charge on any atom is -0.481 e. The molecule has 0 bridgehead atoms. The van der Waals surface area contributed by atoms with Crippen molar-refractivity contribution in [2.45, 2.75) is 52.5 Å². The second-order valence-corrected chi connectivity index (χ2v) is 6.30. The van der Waals surface area contributed by atoms with Crippen molar-refractivity contribution in [1.82, 2.24) is 0 Å². The van der Waals surface area contributed by atoms with Crippen LogP contribution >= 0.6 is 0 Å². The number of carboxylic acid groups (broad SMARTS) is 1. The summed E-state index contributed by atoms with van der Waals surface area (Å²) in [5.74, 6) is -0.732. The van der Waals surface area contributed by atoms with Gasteiger partial charge < -0.3 is 14.0 Å². The van der Waals surface area contributed by atoms with Crippen molar-refractivity contribution in [3.63, 3.8) is 0 Å². The Morgan fingerprint density at radius 2 is 1.81 bits per heavy atom. The van der Waals surface area contributed by atoms with E-state index in [-0.39, 0.29) is 18.1 Å². The number of hydrogen-bond acceptors (Lipinski definition) is 3. The van der Waals surface area contributed by atoms with Gasteiger partial charge in [-0.25, -0.2) is 0 Å². The predicted octanol–water partition coefficient (Wildman–Crippen LogP) is 0.891. The van der Waals surface area contributed by atoms with Crippen LogP contribution in [0.3, 0.4) is 0 Å². The van der Waals surface area contributed by atoms with Gasteiger partial charge in [-0.2, -0.15) is 0 Å². The Bertz CT molecular complexity index is 203. The van der Waals surface area contributed by atoms with Gasteiger partial charge in [-0.1, -0.05) is 26.9 Å². The highest BCUT2D eigenvalue weighted by atomic mass is 28.2. The molecule has 0 aromatic carbocycles. The molecule has 0 aromatic rings. The maximum Gasteiger partial charge on any atom is 0.303 e. The van der Waals surface area contributed by atoms with E-state index in [1.807, 2.05) is 0 Å². The van der Waals surface area contributed by atoms with Gasteiger partial charge in [0.25, 0.3) is 0 Å². The molecule has 0 aliphatic heterocycles. The summed E-state index contributed by atoms with van der Waals surface area (Å²) in [4.78, 5) is 10.5. The van der Waals surface area contributed by atoms with Gasteiger partial charge in [0.15, 0.2) is 19.5 Å². The Balaban J connectivity index is 4.16. The lowest BCUT2D eigenvalue weighted by molar-refractivity contribution is -0.137. The summed E-state index contributed by atoms with van der Waals surface area (Å²) in [6.45, 7) is 8.35. The third-order valence-corrected chi connectivity index (χ3v) is 3.76. The number of carbonyl (C=O) groups is 1. The SMILES string of the molecule is C[SiH2]OC(O[SiH2]C)C(C)(C)CCCC(=O)O. The first-order valence-corrected chi connectivity index (χ1v) is 9.87. The molecule has 0 unspecified atom stereocenters. The van der Waals surface area contributed by atoms with Gasteiger partial charge in [-0.15, -0.1) is 0 Å². The highest BCUT2D eigenvalue weighted by molar-refractivity contribution is 6.26. The monoisotopic (exact) mass is 264 g/mol. The molecule has 0 saturated carbocycles. The molecule has 4 nitrogen and oxygen atoms in total. The average Bonchev–Trinajstić information content (AvgIpc) is 2.16. The molecular formula is C10H24O4Si2. The first kappa shape index (κ1) is 15.8. The van der Waals surface area contributed by atoms with Gasteiger partial charge in [0.05, 0.1) is 0 Å². The standard InChI is InChI=1S/C10H24O4Si2/c1-10(2,7-5-6-8(11)12)9(13-15-3)14-16-4/h9H,5-7,15-16H2,1-4H3,(H,11,12). The minimum atomic E-state index is -0.732. The van der Waals surface area contributed by atoms with Crippen LogP contribution in [-0.2, 0) is 13.6 Å². The van der Waals surface area contributed by atoms with Crippen molar-refractivity contribution in [1.29, 1.82) is 0 Å². The Labute approximate surface area is 103 Å². The van der Waals surface area contributed by atoms with Gasteiger partial charge in [0.2, 0.25) is 0 Å². The minimum absolute atomic E-state index is 0.0819. The molecule has 0 heterocycles. The molecule has 16 heavy (non-hydrogen) atoms. The molecule has 0 saturated heterocycles. The normalized spacial score (nSPS) is 15.2. The number of hydrogen-bond donors (Lipinski definition) is 1. The summed E-state index contributed by atoms with van der Waals surface area (Å²) >= 11 is 0. The smallest absolute Gasteiger partial charge is 0.303 e. The van der Waals surface area contributed by atoms with Crippen LogP contribution in [0.1, 0.15) is 33.1 Å². The molecule has 1 N–H and O–H groups in total. The maximum absolute atomic E-state index is 10.5. The maximum atomic E-state index is 10.5. The topological polar surface area (TPSA) is 55.8 Å². The molecule has 0 amide bonds. The van der Waals surface area contributed by atoms with E-state index in [0.29, 0.717) is 6.42 Å². The Morgan fingerprint density at radius 1 is 1.31 bits per heavy atom. The second kappa shape index (κ2) is 7.99. The number of carboxylic acids is 1. The molecule has 0 aliphatic carbocycles. The first-order valence-electron chi connectivity index (χ1n) is 5.89. The van der Waals surface area contributed by atoms with Crippen LogP contribution in [0.2, 0.25) is 13.1 Å². The lowest BCUT2D eigenvalue weighted by atomic mass is 9.86. The van der Waals surface area contributed by atoms with E-state index < -0.39 is 25.5 Å². The van der Waals surface area contributed by atoms with E-state index in [4.69, 9.17) is 14.0 Å². The molecule has 0 rings (SSSR count). The number of rotatable bonds is 9. The summed E-state index contributed by atoms with van der Waals surface area (Å²) in [7, 11) is -0.983. The molecular weight excluding hydrogens is 240 g/mol. The van der Waals surface area contributed by atoms with Crippen molar-refractivity contribution < 1.29 is 18.8 Å². The van der Waals surface area contributed by atoms with Crippen molar-refractivity contribution in [2.75, 3.05) is 0 Å². The van der Waals surface area contributed by atoms with Crippen molar-refractivity contribution in [2.24, 2.45) is 5.41 Å². The Kier molecular flexibility index (Phi) is 7.91. The fourth-order valence-electron chi connectivity index (χ4n) is 1.62. The van der Waals surface area contributed by atoms with Crippen LogP contribution in [0.5, 0.6) is 0 Å². The van der Waals surface area contributed by atoms with Crippen LogP contribution in [0.4, 0.5) is 0 Å². The van der Waals surface area contributed by atoms with E-state index in [1.165, 1.54) is 0 Å². The molecule has 6 heteroatoms. The van der Waals surface area contributed by atoms with Gasteiger partial charge in [0, 0.05) is 11.8 Å². The van der Waals surface area contributed by atoms with Crippen LogP contribution in [-0.4, -0.2) is 36.9 Å². The van der Waals surface area contributed by atoms with Crippen molar-refractivity contribution in [3.05, 3.63) is 0 Å². The van der Waals surface area contributed by atoms with Crippen LogP contribution in [0.15, 0.2) is 0 Å². The van der Waals surface area contributed by atoms with E-state index in [0.717, 1.165) is 6.42 Å². The summed E-state index contributed by atoms with van der Waals surface area (Å²) in [5, 5.41) is 8.61. The Morgan fingerprint density at radius 3 is 2.19 bits per heavy atom. The Hall–Kier alpha value is -0.176. The molecule has 0 spiro atoms. The summed E-state index contributed by atoms with van der Waals surface area (Å²) in [5.41, 5.74) is -0.0819. The summed E-state index contributed by atoms with van der Waals surface area (Å²) < 4.78 is 11.4. The van der Waals surface area contributed by atoms with E-state index in [2.05, 4.69) is 26.9 Å². The van der Waals surface area contributed by atoms with Crippen molar-refractivity contribution in [3.8, 4) is 0 Å². The molecule has 0 radical (unpaired) electrons.